The number of rotatable bonds is 0. The Morgan fingerprint density at radius 1 is 1.12 bits per heavy atom. The van der Waals surface area contributed by atoms with Gasteiger partial charge in [0, 0.05) is 17.1 Å². The van der Waals surface area contributed by atoms with Crippen LogP contribution in [0.3, 0.4) is 0 Å². The molecule has 0 saturated carbocycles. The van der Waals surface area contributed by atoms with E-state index in [9.17, 15) is 0 Å². The molecule has 8 heavy (non-hydrogen) atoms. The molecule has 0 radical (unpaired) electrons. The van der Waals surface area contributed by atoms with Crippen molar-refractivity contribution in [1.82, 2.24) is 0 Å². The second-order valence-corrected chi connectivity index (χ2v) is 1.34. The minimum atomic E-state index is -5.39. The topological polar surface area (TPSA) is 86.2 Å². The first-order valence-electron chi connectivity index (χ1n) is 0.730. The molecule has 0 bridgehead atoms. The van der Waals surface area contributed by atoms with Crippen LogP contribution in [-0.4, -0.2) is 37.7 Å². The summed E-state index contributed by atoms with van der Waals surface area (Å²) in [5, 5.41) is 0. The van der Waals surface area contributed by atoms with Gasteiger partial charge in [0.2, 0.25) is 0 Å². The predicted octanol–water partition coefficient (Wildman–Crippen LogP) is -6.20. The molecule has 0 atom stereocenters. The molecule has 0 spiro atoms. The van der Waals surface area contributed by atoms with Gasteiger partial charge in [-0.25, -0.2) is 0 Å². The van der Waals surface area contributed by atoms with Crippen LogP contribution in [0.25, 0.3) is 0 Å². The zero-order chi connectivity index (χ0) is 4.50. The maximum absolute atomic E-state index is 8.55. The van der Waals surface area contributed by atoms with E-state index in [2.05, 4.69) is 0 Å². The fraction of sp³-hybridized carbons (Fsp3) is 0. The molecule has 0 saturated heterocycles. The minimum Gasteiger partial charge on any atom is -0.822 e. The van der Waals surface area contributed by atoms with E-state index in [1.54, 1.807) is 0 Å². The Labute approximate surface area is 109 Å². The van der Waals surface area contributed by atoms with Gasteiger partial charge in [-0.1, -0.05) is 0 Å². The molecule has 0 aromatic carbocycles. The van der Waals surface area contributed by atoms with Gasteiger partial charge in [-0.3, -0.25) is 0 Å². The van der Waals surface area contributed by atoms with Crippen molar-refractivity contribution in [3.8, 4) is 0 Å². The molecule has 40 valence electrons. The van der Waals surface area contributed by atoms with Gasteiger partial charge >= 0.3 is 67.3 Å². The van der Waals surface area contributed by atoms with Gasteiger partial charge in [0.05, 0.1) is 0 Å². The first-order chi connectivity index (χ1) is 2.00. The van der Waals surface area contributed by atoms with Gasteiger partial charge in [0.25, 0.3) is 0 Å². The molecule has 8 heteroatoms. The van der Waals surface area contributed by atoms with Crippen LogP contribution in [0.4, 0.5) is 0 Å². The standard InChI is InChI=1S/Ca.Fe.Na.H3O4P/c;;;1-5(2,3)4/h;;;(H3,1,2,3,4)/q+2;;+1;/p-3. The largest absolute Gasteiger partial charge is 2.00 e. The molecule has 0 unspecified atom stereocenters. The summed E-state index contributed by atoms with van der Waals surface area (Å²) < 4.78 is 8.55. The smallest absolute Gasteiger partial charge is 0.822 e. The summed E-state index contributed by atoms with van der Waals surface area (Å²) in [7, 11) is -5.39. The molecular formula is CaFeNaO4P. The third-order valence-corrected chi connectivity index (χ3v) is 0. The molecule has 0 aliphatic carbocycles. The van der Waals surface area contributed by atoms with Crippen molar-refractivity contribution in [2.24, 2.45) is 0 Å². The summed E-state index contributed by atoms with van der Waals surface area (Å²) in [4.78, 5) is 25.6. The summed E-state index contributed by atoms with van der Waals surface area (Å²) in [5.41, 5.74) is 0. The Morgan fingerprint density at radius 3 is 1.12 bits per heavy atom. The number of phosphoric acid groups is 1. The minimum absolute atomic E-state index is 0. The monoisotopic (exact) mass is 214 g/mol. The third-order valence-electron chi connectivity index (χ3n) is 0. The van der Waals surface area contributed by atoms with Crippen molar-refractivity contribution in [3.05, 3.63) is 0 Å². The average molecular weight is 214 g/mol. The quantitative estimate of drug-likeness (QED) is 0.296. The van der Waals surface area contributed by atoms with Gasteiger partial charge in [0.1, 0.15) is 0 Å². The van der Waals surface area contributed by atoms with Gasteiger partial charge in [-0.05, 0) is 0 Å². The van der Waals surface area contributed by atoms with Gasteiger partial charge < -0.3 is 19.2 Å². The zero-order valence-corrected chi connectivity index (χ0v) is 10.3. The molecule has 0 amide bonds. The molecule has 0 aliphatic rings. The van der Waals surface area contributed by atoms with Crippen molar-refractivity contribution in [1.29, 1.82) is 0 Å². The van der Waals surface area contributed by atoms with Crippen molar-refractivity contribution in [2.45, 2.75) is 0 Å². The van der Waals surface area contributed by atoms with E-state index in [1.165, 1.54) is 0 Å². The van der Waals surface area contributed by atoms with E-state index in [4.69, 9.17) is 19.2 Å². The predicted molar refractivity (Wildman–Crippen MR) is 13.4 cm³/mol. The SMILES string of the molecule is O=P([O-])([O-])[O-].[Ca+2].[Fe].[Na+]. The van der Waals surface area contributed by atoms with Crippen molar-refractivity contribution >= 4 is 45.6 Å². The fourth-order valence-electron chi connectivity index (χ4n) is 0. The normalized spacial score (nSPS) is 7.38. The van der Waals surface area contributed by atoms with E-state index in [-0.39, 0.29) is 84.4 Å². The summed E-state index contributed by atoms with van der Waals surface area (Å²) >= 11 is 0. The molecule has 0 aromatic rings. The fourth-order valence-corrected chi connectivity index (χ4v) is 0. The van der Waals surface area contributed by atoms with Crippen LogP contribution in [0.5, 0.6) is 0 Å². The molecule has 0 aliphatic heterocycles. The van der Waals surface area contributed by atoms with E-state index >= 15 is 0 Å². The Hall–Kier alpha value is 2.89. The van der Waals surface area contributed by atoms with Crippen LogP contribution in [0, 0.1) is 0 Å². The molecule has 0 aromatic heterocycles. The average Bonchev–Trinajstić information content (AvgIpc) is 0.722. The molecule has 0 heterocycles. The van der Waals surface area contributed by atoms with Crippen LogP contribution in [0.2, 0.25) is 0 Å². The van der Waals surface area contributed by atoms with Crippen molar-refractivity contribution < 1.29 is 65.9 Å². The Kier molecular flexibility index (Phi) is 27.7. The first kappa shape index (κ1) is 22.4. The second kappa shape index (κ2) is 9.89. The number of hydrogen-bond donors (Lipinski definition) is 0. The van der Waals surface area contributed by atoms with Gasteiger partial charge in [0.15, 0.2) is 0 Å². The molecular weight excluding hydrogens is 214 g/mol. The summed E-state index contributed by atoms with van der Waals surface area (Å²) in [6, 6.07) is 0. The molecule has 0 rings (SSSR count). The van der Waals surface area contributed by atoms with Crippen LogP contribution in [0.1, 0.15) is 0 Å². The summed E-state index contributed by atoms with van der Waals surface area (Å²) in [6.45, 7) is 0. The maximum atomic E-state index is 8.55. The van der Waals surface area contributed by atoms with Gasteiger partial charge in [-0.2, -0.15) is 7.82 Å². The third kappa shape index (κ3) is 66.3. The number of hydrogen-bond acceptors (Lipinski definition) is 4. The summed E-state index contributed by atoms with van der Waals surface area (Å²) in [5.74, 6) is 0. The first-order valence-corrected chi connectivity index (χ1v) is 2.19. The van der Waals surface area contributed by atoms with E-state index < -0.39 is 7.82 Å². The van der Waals surface area contributed by atoms with E-state index in [1.807, 2.05) is 0 Å². The van der Waals surface area contributed by atoms with Crippen LogP contribution in [-0.2, 0) is 21.6 Å². The summed E-state index contributed by atoms with van der Waals surface area (Å²) in [6.07, 6.45) is 0. The van der Waals surface area contributed by atoms with Crippen LogP contribution < -0.4 is 44.2 Å². The van der Waals surface area contributed by atoms with E-state index in [0.29, 0.717) is 0 Å². The van der Waals surface area contributed by atoms with Crippen LogP contribution in [0.15, 0.2) is 0 Å². The molecule has 0 N–H and O–H groups in total. The van der Waals surface area contributed by atoms with Crippen molar-refractivity contribution in [2.75, 3.05) is 0 Å². The Balaban J connectivity index is -0.0000000267. The molecule has 4 nitrogen and oxygen atoms in total. The van der Waals surface area contributed by atoms with Gasteiger partial charge in [-0.15, -0.1) is 0 Å². The Bertz CT molecular complexity index is 62.2. The molecule has 0 fully saturated rings. The second-order valence-electron chi connectivity index (χ2n) is 0.447. The zero-order valence-electron chi connectivity index (χ0n) is 4.14. The van der Waals surface area contributed by atoms with Crippen LogP contribution >= 0.6 is 7.82 Å². The van der Waals surface area contributed by atoms with E-state index in [0.717, 1.165) is 0 Å². The maximum Gasteiger partial charge on any atom is 2.00 e. The Morgan fingerprint density at radius 2 is 1.12 bits per heavy atom. The van der Waals surface area contributed by atoms with Crippen molar-refractivity contribution in [3.63, 3.8) is 0 Å².